The van der Waals surface area contributed by atoms with Crippen molar-refractivity contribution in [2.75, 3.05) is 23.4 Å². The topological polar surface area (TPSA) is 108 Å². The van der Waals surface area contributed by atoms with Crippen LogP contribution < -0.4 is 20.3 Å². The summed E-state index contributed by atoms with van der Waals surface area (Å²) in [5.41, 5.74) is 0.394. The van der Waals surface area contributed by atoms with Gasteiger partial charge in [0.2, 0.25) is 11.8 Å². The van der Waals surface area contributed by atoms with Crippen molar-refractivity contribution in [1.82, 2.24) is 10.2 Å². The van der Waals surface area contributed by atoms with Gasteiger partial charge in [-0.2, -0.15) is 0 Å². The zero-order valence-corrected chi connectivity index (χ0v) is 17.5. The fourth-order valence-corrected chi connectivity index (χ4v) is 4.69. The van der Waals surface area contributed by atoms with E-state index in [0.717, 1.165) is 4.90 Å². The highest BCUT2D eigenvalue weighted by atomic mass is 16.5. The lowest BCUT2D eigenvalue weighted by Crippen LogP contribution is -2.49. The molecule has 5 rings (SSSR count). The molecule has 3 aliphatic heterocycles. The fraction of sp³-hybridized carbons (Fsp3) is 0.304. The summed E-state index contributed by atoms with van der Waals surface area (Å²) in [7, 11) is 0. The quantitative estimate of drug-likeness (QED) is 0.703. The molecule has 1 spiro atoms. The third kappa shape index (κ3) is 3.00. The summed E-state index contributed by atoms with van der Waals surface area (Å²) in [6, 6.07) is 13.0. The standard InChI is InChI=1S/C23H22N4O5/c1-14-12-19(28)24-16-7-3-4-8-17(16)27(14)20(29)13-26-21(30)23(25-22(26)31)10-11-32-18-9-5-2-6-15(18)23/h2-9,14H,10-13H2,1H3,(H,24,28)(H,25,31)/t14-,23-/m1/s1. The Labute approximate surface area is 184 Å². The molecule has 2 aromatic carbocycles. The highest BCUT2D eigenvalue weighted by Gasteiger charge is 2.55. The SMILES string of the molecule is C[C@@H]1CC(=O)Nc2ccccc2N1C(=O)CN1C(=O)N[C@@]2(CCOc3ccccc32)C1=O. The van der Waals surface area contributed by atoms with E-state index in [1.165, 1.54) is 4.90 Å². The number of hydrogen-bond acceptors (Lipinski definition) is 5. The van der Waals surface area contributed by atoms with Gasteiger partial charge in [-0.3, -0.25) is 19.3 Å². The van der Waals surface area contributed by atoms with Crippen LogP contribution in [0.4, 0.5) is 16.2 Å². The first-order valence-corrected chi connectivity index (χ1v) is 10.5. The summed E-state index contributed by atoms with van der Waals surface area (Å²) in [5.74, 6) is -0.577. The van der Waals surface area contributed by atoms with Crippen molar-refractivity contribution in [1.29, 1.82) is 0 Å². The van der Waals surface area contributed by atoms with Gasteiger partial charge in [-0.1, -0.05) is 30.3 Å². The molecule has 1 fully saturated rings. The number of imide groups is 1. The monoisotopic (exact) mass is 434 g/mol. The van der Waals surface area contributed by atoms with E-state index in [1.807, 2.05) is 0 Å². The molecule has 0 bridgehead atoms. The third-order valence-electron chi connectivity index (χ3n) is 6.18. The number of fused-ring (bicyclic) bond motifs is 3. The largest absolute Gasteiger partial charge is 0.493 e. The van der Waals surface area contributed by atoms with Crippen LogP contribution in [0.2, 0.25) is 0 Å². The van der Waals surface area contributed by atoms with E-state index in [0.29, 0.717) is 22.7 Å². The molecule has 2 aromatic rings. The van der Waals surface area contributed by atoms with Gasteiger partial charge in [0.25, 0.3) is 5.91 Å². The number of carbonyl (C=O) groups excluding carboxylic acids is 4. The third-order valence-corrected chi connectivity index (χ3v) is 6.18. The minimum atomic E-state index is -1.24. The van der Waals surface area contributed by atoms with Crippen molar-refractivity contribution in [2.24, 2.45) is 0 Å². The molecule has 32 heavy (non-hydrogen) atoms. The van der Waals surface area contributed by atoms with Crippen LogP contribution in [0, 0.1) is 0 Å². The molecule has 0 aromatic heterocycles. The van der Waals surface area contributed by atoms with Crippen molar-refractivity contribution in [2.45, 2.75) is 31.3 Å². The molecule has 9 heteroatoms. The smallest absolute Gasteiger partial charge is 0.325 e. The number of ether oxygens (including phenoxy) is 1. The summed E-state index contributed by atoms with van der Waals surface area (Å²) in [4.78, 5) is 54.3. The Morgan fingerprint density at radius 1 is 1.12 bits per heavy atom. The Morgan fingerprint density at radius 3 is 2.72 bits per heavy atom. The van der Waals surface area contributed by atoms with Gasteiger partial charge < -0.3 is 20.3 Å². The first-order chi connectivity index (χ1) is 15.4. The van der Waals surface area contributed by atoms with Crippen LogP contribution in [-0.4, -0.2) is 47.8 Å². The van der Waals surface area contributed by atoms with Gasteiger partial charge in [-0.15, -0.1) is 0 Å². The Morgan fingerprint density at radius 2 is 1.88 bits per heavy atom. The van der Waals surface area contributed by atoms with E-state index in [4.69, 9.17) is 4.74 Å². The maximum Gasteiger partial charge on any atom is 0.325 e. The van der Waals surface area contributed by atoms with E-state index in [2.05, 4.69) is 10.6 Å². The Hall–Kier alpha value is -3.88. The molecule has 5 amide bonds. The van der Waals surface area contributed by atoms with Crippen molar-refractivity contribution >= 4 is 35.1 Å². The minimum absolute atomic E-state index is 0.106. The Bertz CT molecular complexity index is 1150. The van der Waals surface area contributed by atoms with Gasteiger partial charge in [0.15, 0.2) is 5.54 Å². The number of nitrogens with zero attached hydrogens (tertiary/aromatic N) is 2. The second-order valence-electron chi connectivity index (χ2n) is 8.20. The van der Waals surface area contributed by atoms with Crippen molar-refractivity contribution in [3.05, 3.63) is 54.1 Å². The summed E-state index contributed by atoms with van der Waals surface area (Å²) < 4.78 is 5.65. The highest BCUT2D eigenvalue weighted by Crippen LogP contribution is 2.41. The van der Waals surface area contributed by atoms with Gasteiger partial charge in [0.05, 0.1) is 18.0 Å². The first-order valence-electron chi connectivity index (χ1n) is 10.5. The van der Waals surface area contributed by atoms with Crippen LogP contribution in [0.3, 0.4) is 0 Å². The summed E-state index contributed by atoms with van der Waals surface area (Å²) in [6.45, 7) is 1.61. The summed E-state index contributed by atoms with van der Waals surface area (Å²) in [6.07, 6.45) is 0.385. The van der Waals surface area contributed by atoms with Crippen molar-refractivity contribution in [3.63, 3.8) is 0 Å². The predicted molar refractivity (Wildman–Crippen MR) is 115 cm³/mol. The Balaban J connectivity index is 1.45. The second-order valence-corrected chi connectivity index (χ2v) is 8.20. The second kappa shape index (κ2) is 7.37. The first kappa shape index (κ1) is 20.0. The normalized spacial score (nSPS) is 24.3. The molecule has 2 N–H and O–H groups in total. The summed E-state index contributed by atoms with van der Waals surface area (Å²) in [5, 5.41) is 5.60. The minimum Gasteiger partial charge on any atom is -0.493 e. The van der Waals surface area contributed by atoms with Crippen molar-refractivity contribution in [3.8, 4) is 5.75 Å². The van der Waals surface area contributed by atoms with Crippen LogP contribution >= 0.6 is 0 Å². The van der Waals surface area contributed by atoms with Gasteiger partial charge >= 0.3 is 6.03 Å². The van der Waals surface area contributed by atoms with E-state index in [1.54, 1.807) is 55.5 Å². The molecule has 9 nitrogen and oxygen atoms in total. The molecule has 0 aliphatic carbocycles. The van der Waals surface area contributed by atoms with Gasteiger partial charge in [0, 0.05) is 24.4 Å². The maximum atomic E-state index is 13.5. The number of amides is 5. The number of carbonyl (C=O) groups is 4. The van der Waals surface area contributed by atoms with E-state index in [-0.39, 0.29) is 25.4 Å². The van der Waals surface area contributed by atoms with Gasteiger partial charge in [-0.25, -0.2) is 4.79 Å². The lowest BCUT2D eigenvalue weighted by Gasteiger charge is -2.33. The van der Waals surface area contributed by atoms with Crippen LogP contribution in [-0.2, 0) is 19.9 Å². The molecule has 3 aliphatic rings. The number of para-hydroxylation sites is 3. The predicted octanol–water partition coefficient (Wildman–Crippen LogP) is 1.98. The van der Waals surface area contributed by atoms with E-state index >= 15 is 0 Å². The highest BCUT2D eigenvalue weighted by molar-refractivity contribution is 6.12. The molecule has 2 atom stereocenters. The lowest BCUT2D eigenvalue weighted by molar-refractivity contribution is -0.135. The fourth-order valence-electron chi connectivity index (χ4n) is 4.69. The average molecular weight is 434 g/mol. The van der Waals surface area contributed by atoms with Crippen LogP contribution in [0.1, 0.15) is 25.3 Å². The van der Waals surface area contributed by atoms with Crippen LogP contribution in [0.25, 0.3) is 0 Å². The molecule has 0 radical (unpaired) electrons. The number of nitrogens with one attached hydrogen (secondary N) is 2. The molecular formula is C23H22N4O5. The molecule has 164 valence electrons. The zero-order valence-electron chi connectivity index (χ0n) is 17.5. The molecule has 0 saturated carbocycles. The number of benzene rings is 2. The van der Waals surface area contributed by atoms with Gasteiger partial charge in [-0.05, 0) is 25.1 Å². The number of hydrogen-bond donors (Lipinski definition) is 2. The average Bonchev–Trinajstić information content (AvgIpc) is 2.91. The molecule has 0 unspecified atom stereocenters. The molecule has 3 heterocycles. The van der Waals surface area contributed by atoms with Crippen LogP contribution in [0.5, 0.6) is 5.75 Å². The molecule has 1 saturated heterocycles. The summed E-state index contributed by atoms with van der Waals surface area (Å²) >= 11 is 0. The maximum absolute atomic E-state index is 13.5. The van der Waals surface area contributed by atoms with Crippen LogP contribution in [0.15, 0.2) is 48.5 Å². The number of urea groups is 1. The molecular weight excluding hydrogens is 412 g/mol. The van der Waals surface area contributed by atoms with E-state index in [9.17, 15) is 19.2 Å². The van der Waals surface area contributed by atoms with Crippen molar-refractivity contribution < 1.29 is 23.9 Å². The number of anilines is 2. The van der Waals surface area contributed by atoms with E-state index < -0.39 is 36.0 Å². The number of rotatable bonds is 2. The Kier molecular flexibility index (Phi) is 4.61. The lowest BCUT2D eigenvalue weighted by atomic mass is 9.84. The zero-order chi connectivity index (χ0) is 22.5. The van der Waals surface area contributed by atoms with Gasteiger partial charge in [0.1, 0.15) is 12.3 Å².